The lowest BCUT2D eigenvalue weighted by Gasteiger charge is -2.12. The number of carbonyl (C=O) groups is 2. The third kappa shape index (κ3) is 3.67. The second-order valence-electron chi connectivity index (χ2n) is 4.69. The molecule has 102 valence electrons. The summed E-state index contributed by atoms with van der Waals surface area (Å²) in [4.78, 5) is 26.4. The normalized spacial score (nSPS) is 15.2. The van der Waals surface area contributed by atoms with Gasteiger partial charge in [0.05, 0.1) is 5.69 Å². The van der Waals surface area contributed by atoms with Crippen LogP contribution in [0.5, 0.6) is 0 Å². The fraction of sp³-hybridized carbons (Fsp3) is 0.462. The molecule has 3 N–H and O–H groups in total. The van der Waals surface area contributed by atoms with Crippen molar-refractivity contribution in [3.8, 4) is 0 Å². The molecule has 6 nitrogen and oxygen atoms in total. The summed E-state index contributed by atoms with van der Waals surface area (Å²) in [7, 11) is 0. The number of anilines is 1. The van der Waals surface area contributed by atoms with Crippen LogP contribution in [0.1, 0.15) is 36.2 Å². The average molecular weight is 263 g/mol. The molecule has 1 aliphatic carbocycles. The van der Waals surface area contributed by atoms with Gasteiger partial charge in [0, 0.05) is 12.7 Å². The lowest BCUT2D eigenvalue weighted by atomic mass is 10.1. The zero-order valence-electron chi connectivity index (χ0n) is 10.6. The molecule has 6 heteroatoms. The average Bonchev–Trinajstić information content (AvgIpc) is 2.90. The zero-order chi connectivity index (χ0) is 13.7. The SMILES string of the molecule is O=C(NCC1CCCC1)Nc1cccnc1C(=O)O. The van der Waals surface area contributed by atoms with Gasteiger partial charge in [0.25, 0.3) is 0 Å². The summed E-state index contributed by atoms with van der Waals surface area (Å²) in [6.07, 6.45) is 6.12. The molecule has 0 unspecified atom stereocenters. The maximum Gasteiger partial charge on any atom is 0.356 e. The van der Waals surface area contributed by atoms with Gasteiger partial charge in [-0.1, -0.05) is 12.8 Å². The summed E-state index contributed by atoms with van der Waals surface area (Å²) in [5.41, 5.74) is 0.0532. The number of amides is 2. The molecule has 0 bridgehead atoms. The van der Waals surface area contributed by atoms with Crippen molar-refractivity contribution in [2.75, 3.05) is 11.9 Å². The number of carbonyl (C=O) groups excluding carboxylic acids is 1. The van der Waals surface area contributed by atoms with Gasteiger partial charge in [0.15, 0.2) is 5.69 Å². The Labute approximate surface area is 111 Å². The second kappa shape index (κ2) is 6.17. The third-order valence-corrected chi connectivity index (χ3v) is 3.28. The summed E-state index contributed by atoms with van der Waals surface area (Å²) in [6, 6.07) is 2.72. The second-order valence-corrected chi connectivity index (χ2v) is 4.69. The Morgan fingerprint density at radius 1 is 1.37 bits per heavy atom. The fourth-order valence-corrected chi connectivity index (χ4v) is 2.29. The van der Waals surface area contributed by atoms with Crippen LogP contribution in [-0.4, -0.2) is 28.6 Å². The van der Waals surface area contributed by atoms with Gasteiger partial charge in [0.1, 0.15) is 0 Å². The van der Waals surface area contributed by atoms with Crippen molar-refractivity contribution in [3.05, 3.63) is 24.0 Å². The van der Waals surface area contributed by atoms with Crippen LogP contribution in [0.25, 0.3) is 0 Å². The highest BCUT2D eigenvalue weighted by atomic mass is 16.4. The standard InChI is InChI=1S/C13H17N3O3/c17-12(18)11-10(6-3-7-14-11)16-13(19)15-8-9-4-1-2-5-9/h3,6-7,9H,1-2,4-5,8H2,(H,17,18)(H2,15,16,19). The highest BCUT2D eigenvalue weighted by Gasteiger charge is 2.17. The van der Waals surface area contributed by atoms with E-state index in [1.807, 2.05) is 0 Å². The number of nitrogens with zero attached hydrogens (tertiary/aromatic N) is 1. The van der Waals surface area contributed by atoms with Crippen LogP contribution < -0.4 is 10.6 Å². The predicted octanol–water partition coefficient (Wildman–Crippen LogP) is 2.09. The van der Waals surface area contributed by atoms with Crippen molar-refractivity contribution >= 4 is 17.7 Å². The van der Waals surface area contributed by atoms with Gasteiger partial charge in [-0.25, -0.2) is 14.6 Å². The van der Waals surface area contributed by atoms with Gasteiger partial charge in [-0.3, -0.25) is 0 Å². The molecule has 1 saturated carbocycles. The highest BCUT2D eigenvalue weighted by molar-refractivity contribution is 5.98. The Hall–Kier alpha value is -2.11. The zero-order valence-corrected chi connectivity index (χ0v) is 10.6. The number of rotatable bonds is 4. The minimum atomic E-state index is -1.16. The molecule has 0 atom stereocenters. The van der Waals surface area contributed by atoms with Gasteiger partial charge in [-0.05, 0) is 30.9 Å². The van der Waals surface area contributed by atoms with Crippen molar-refractivity contribution in [2.24, 2.45) is 5.92 Å². The van der Waals surface area contributed by atoms with E-state index >= 15 is 0 Å². The van der Waals surface area contributed by atoms with Crippen LogP contribution in [0.15, 0.2) is 18.3 Å². The molecule has 2 amide bonds. The number of hydrogen-bond donors (Lipinski definition) is 3. The minimum Gasteiger partial charge on any atom is -0.476 e. The molecule has 1 aliphatic rings. The molecule has 1 heterocycles. The summed E-state index contributed by atoms with van der Waals surface area (Å²) in [5.74, 6) is -0.620. The first-order valence-electron chi connectivity index (χ1n) is 6.40. The number of hydrogen-bond acceptors (Lipinski definition) is 3. The third-order valence-electron chi connectivity index (χ3n) is 3.28. The quantitative estimate of drug-likeness (QED) is 0.775. The molecular formula is C13H17N3O3. The van der Waals surface area contributed by atoms with E-state index < -0.39 is 5.97 Å². The molecule has 2 rings (SSSR count). The first-order chi connectivity index (χ1) is 9.16. The summed E-state index contributed by atoms with van der Waals surface area (Å²) < 4.78 is 0. The Morgan fingerprint density at radius 3 is 2.79 bits per heavy atom. The maximum atomic E-state index is 11.7. The number of aromatic nitrogens is 1. The molecule has 0 spiro atoms. The predicted molar refractivity (Wildman–Crippen MR) is 70.2 cm³/mol. The topological polar surface area (TPSA) is 91.3 Å². The van der Waals surface area contributed by atoms with Crippen LogP contribution >= 0.6 is 0 Å². The summed E-state index contributed by atoms with van der Waals surface area (Å²) in [5, 5.41) is 14.2. The number of carboxylic acids is 1. The molecule has 1 aromatic rings. The van der Waals surface area contributed by atoms with E-state index in [0.29, 0.717) is 12.5 Å². The summed E-state index contributed by atoms with van der Waals surface area (Å²) in [6.45, 7) is 0.633. The van der Waals surface area contributed by atoms with Crippen molar-refractivity contribution in [1.82, 2.24) is 10.3 Å². The Balaban J connectivity index is 1.89. The van der Waals surface area contributed by atoms with E-state index in [0.717, 1.165) is 12.8 Å². The van der Waals surface area contributed by atoms with Crippen LogP contribution in [0.4, 0.5) is 10.5 Å². The van der Waals surface area contributed by atoms with Crippen LogP contribution in [0.3, 0.4) is 0 Å². The molecular weight excluding hydrogens is 246 g/mol. The first-order valence-corrected chi connectivity index (χ1v) is 6.40. The number of pyridine rings is 1. The number of urea groups is 1. The highest BCUT2D eigenvalue weighted by Crippen LogP contribution is 2.23. The van der Waals surface area contributed by atoms with Crippen molar-refractivity contribution < 1.29 is 14.7 Å². The number of aromatic carboxylic acids is 1. The molecule has 19 heavy (non-hydrogen) atoms. The molecule has 0 saturated heterocycles. The van der Waals surface area contributed by atoms with E-state index in [2.05, 4.69) is 15.6 Å². The molecule has 0 aromatic carbocycles. The maximum absolute atomic E-state index is 11.7. The van der Waals surface area contributed by atoms with Crippen molar-refractivity contribution in [1.29, 1.82) is 0 Å². The Kier molecular flexibility index (Phi) is 4.33. The van der Waals surface area contributed by atoms with E-state index in [4.69, 9.17) is 5.11 Å². The minimum absolute atomic E-state index is 0.154. The Morgan fingerprint density at radius 2 is 2.11 bits per heavy atom. The van der Waals surface area contributed by atoms with Crippen LogP contribution in [0, 0.1) is 5.92 Å². The lowest BCUT2D eigenvalue weighted by molar-refractivity contribution is 0.0692. The van der Waals surface area contributed by atoms with E-state index in [1.54, 1.807) is 6.07 Å². The molecule has 1 aromatic heterocycles. The van der Waals surface area contributed by atoms with Crippen LogP contribution in [0.2, 0.25) is 0 Å². The van der Waals surface area contributed by atoms with Crippen LogP contribution in [-0.2, 0) is 0 Å². The first kappa shape index (κ1) is 13.3. The monoisotopic (exact) mass is 263 g/mol. The molecule has 0 radical (unpaired) electrons. The fourth-order valence-electron chi connectivity index (χ4n) is 2.29. The van der Waals surface area contributed by atoms with Crippen molar-refractivity contribution in [3.63, 3.8) is 0 Å². The van der Waals surface area contributed by atoms with Gasteiger partial charge >= 0.3 is 12.0 Å². The van der Waals surface area contributed by atoms with Crippen molar-refractivity contribution in [2.45, 2.75) is 25.7 Å². The van der Waals surface area contributed by atoms with Gasteiger partial charge in [0.2, 0.25) is 0 Å². The van der Waals surface area contributed by atoms with Gasteiger partial charge in [-0.15, -0.1) is 0 Å². The van der Waals surface area contributed by atoms with E-state index in [1.165, 1.54) is 25.1 Å². The molecule has 0 aliphatic heterocycles. The molecule has 1 fully saturated rings. The van der Waals surface area contributed by atoms with Gasteiger partial charge < -0.3 is 15.7 Å². The lowest BCUT2D eigenvalue weighted by Crippen LogP contribution is -2.33. The largest absolute Gasteiger partial charge is 0.476 e. The number of nitrogens with one attached hydrogen (secondary N) is 2. The summed E-state index contributed by atoms with van der Waals surface area (Å²) >= 11 is 0. The number of carboxylic acid groups (broad SMARTS) is 1. The van der Waals surface area contributed by atoms with E-state index in [-0.39, 0.29) is 17.4 Å². The Bertz CT molecular complexity index is 470. The van der Waals surface area contributed by atoms with Gasteiger partial charge in [-0.2, -0.15) is 0 Å². The van der Waals surface area contributed by atoms with E-state index in [9.17, 15) is 9.59 Å². The smallest absolute Gasteiger partial charge is 0.356 e.